The molecule has 4 heteroatoms. The predicted octanol–water partition coefficient (Wildman–Crippen LogP) is 3.80. The Bertz CT molecular complexity index is 609. The van der Waals surface area contributed by atoms with Crippen molar-refractivity contribution in [2.75, 3.05) is 5.32 Å². The summed E-state index contributed by atoms with van der Waals surface area (Å²) in [6.07, 6.45) is 4.85. The Kier molecular flexibility index (Phi) is 4.47. The highest BCUT2D eigenvalue weighted by Gasteiger charge is 2.02. The van der Waals surface area contributed by atoms with Crippen molar-refractivity contribution in [2.45, 2.75) is 6.92 Å². The molecule has 2 rings (SSSR count). The minimum absolute atomic E-state index is 0.174. The number of halogens is 1. The van der Waals surface area contributed by atoms with Gasteiger partial charge in [-0.2, -0.15) is 0 Å². The van der Waals surface area contributed by atoms with Crippen LogP contribution in [0.5, 0.6) is 0 Å². The molecule has 0 aliphatic heterocycles. The lowest BCUT2D eigenvalue weighted by molar-refractivity contribution is -0.111. The smallest absolute Gasteiger partial charge is 0.248 e. The van der Waals surface area contributed by atoms with Gasteiger partial charge < -0.3 is 5.32 Å². The lowest BCUT2D eigenvalue weighted by atomic mass is 10.2. The van der Waals surface area contributed by atoms with E-state index in [1.54, 1.807) is 12.3 Å². The molecule has 3 nitrogen and oxygen atoms in total. The van der Waals surface area contributed by atoms with Gasteiger partial charge in [0, 0.05) is 22.4 Å². The van der Waals surface area contributed by atoms with E-state index in [0.717, 1.165) is 21.4 Å². The van der Waals surface area contributed by atoms with Gasteiger partial charge in [-0.05, 0) is 42.8 Å². The Morgan fingerprint density at radius 2 is 2.16 bits per heavy atom. The molecule has 0 aliphatic carbocycles. The fourth-order valence-corrected chi connectivity index (χ4v) is 1.90. The predicted molar refractivity (Wildman–Crippen MR) is 80.8 cm³/mol. The fraction of sp³-hybridized carbons (Fsp3) is 0.0667. The number of aryl methyl sites for hydroxylation is 1. The van der Waals surface area contributed by atoms with Crippen LogP contribution in [0.4, 0.5) is 5.69 Å². The molecule has 1 aromatic heterocycles. The number of nitrogens with one attached hydrogen (secondary N) is 1. The lowest BCUT2D eigenvalue weighted by Gasteiger charge is -2.06. The Labute approximate surface area is 120 Å². The molecule has 0 atom stereocenters. The van der Waals surface area contributed by atoms with Gasteiger partial charge >= 0.3 is 0 Å². The monoisotopic (exact) mass is 316 g/mol. The molecule has 0 saturated carbocycles. The van der Waals surface area contributed by atoms with Crippen molar-refractivity contribution in [3.8, 4) is 0 Å². The van der Waals surface area contributed by atoms with Crippen molar-refractivity contribution in [3.05, 3.63) is 64.4 Å². The summed E-state index contributed by atoms with van der Waals surface area (Å²) < 4.78 is 0.933. The van der Waals surface area contributed by atoms with Crippen LogP contribution in [0.25, 0.3) is 6.08 Å². The van der Waals surface area contributed by atoms with Crippen LogP contribution in [0, 0.1) is 6.92 Å². The third-order valence-corrected chi connectivity index (χ3v) is 3.04. The Hall–Kier alpha value is -1.94. The highest BCUT2D eigenvalue weighted by atomic mass is 79.9. The van der Waals surface area contributed by atoms with Crippen LogP contribution < -0.4 is 5.32 Å². The number of aromatic nitrogens is 1. The number of pyridine rings is 1. The summed E-state index contributed by atoms with van der Waals surface area (Å²) in [5.41, 5.74) is 2.57. The maximum absolute atomic E-state index is 11.8. The largest absolute Gasteiger partial charge is 0.322 e. The van der Waals surface area contributed by atoms with Crippen LogP contribution >= 0.6 is 15.9 Å². The number of nitrogens with zero attached hydrogens (tertiary/aromatic N) is 1. The summed E-state index contributed by atoms with van der Waals surface area (Å²) in [5, 5.41) is 2.84. The third-order valence-electron chi connectivity index (χ3n) is 2.55. The molecule has 0 spiro atoms. The molecule has 1 amide bonds. The van der Waals surface area contributed by atoms with Gasteiger partial charge in [-0.25, -0.2) is 0 Å². The van der Waals surface area contributed by atoms with E-state index in [1.807, 2.05) is 43.3 Å². The number of hydrogen-bond donors (Lipinski definition) is 1. The second-order valence-corrected chi connectivity index (χ2v) is 4.95. The first-order valence-electron chi connectivity index (χ1n) is 5.81. The van der Waals surface area contributed by atoms with Gasteiger partial charge in [0.1, 0.15) is 0 Å². The number of hydrogen-bond acceptors (Lipinski definition) is 2. The standard InChI is InChI=1S/C15H13BrN2O/c1-11-5-6-12(16)10-14(11)18-15(19)8-7-13-4-2-3-9-17-13/h2-10H,1H3,(H,18,19)/b8-7+. The maximum atomic E-state index is 11.8. The van der Waals surface area contributed by atoms with E-state index >= 15 is 0 Å². The Balaban J connectivity index is 2.06. The second-order valence-electron chi connectivity index (χ2n) is 4.04. The summed E-state index contributed by atoms with van der Waals surface area (Å²) in [5.74, 6) is -0.174. The van der Waals surface area contributed by atoms with Crippen molar-refractivity contribution >= 4 is 33.6 Å². The van der Waals surface area contributed by atoms with E-state index in [1.165, 1.54) is 6.08 Å². The first-order valence-corrected chi connectivity index (χ1v) is 6.61. The van der Waals surface area contributed by atoms with E-state index in [4.69, 9.17) is 0 Å². The molecular formula is C15H13BrN2O. The molecule has 0 unspecified atom stereocenters. The minimum atomic E-state index is -0.174. The van der Waals surface area contributed by atoms with Crippen LogP contribution in [0.1, 0.15) is 11.3 Å². The number of carbonyl (C=O) groups is 1. The number of anilines is 1. The molecule has 1 heterocycles. The molecule has 0 bridgehead atoms. The second kappa shape index (κ2) is 6.29. The van der Waals surface area contributed by atoms with Gasteiger partial charge in [0.2, 0.25) is 5.91 Å². The SMILES string of the molecule is Cc1ccc(Br)cc1NC(=O)/C=C/c1ccccn1. The molecule has 0 fully saturated rings. The van der Waals surface area contributed by atoms with E-state index in [9.17, 15) is 4.79 Å². The average molecular weight is 317 g/mol. The van der Waals surface area contributed by atoms with Gasteiger partial charge in [0.15, 0.2) is 0 Å². The van der Waals surface area contributed by atoms with Crippen molar-refractivity contribution in [1.82, 2.24) is 4.98 Å². The van der Waals surface area contributed by atoms with Gasteiger partial charge in [0.05, 0.1) is 5.69 Å². The molecule has 19 heavy (non-hydrogen) atoms. The van der Waals surface area contributed by atoms with E-state index in [2.05, 4.69) is 26.2 Å². The van der Waals surface area contributed by atoms with Gasteiger partial charge in [0.25, 0.3) is 0 Å². The van der Waals surface area contributed by atoms with E-state index < -0.39 is 0 Å². The molecule has 0 radical (unpaired) electrons. The number of amides is 1. The van der Waals surface area contributed by atoms with Crippen molar-refractivity contribution in [2.24, 2.45) is 0 Å². The van der Waals surface area contributed by atoms with Crippen molar-refractivity contribution in [3.63, 3.8) is 0 Å². The number of carbonyl (C=O) groups excluding carboxylic acids is 1. The zero-order chi connectivity index (χ0) is 13.7. The molecule has 2 aromatic rings. The van der Waals surface area contributed by atoms with Crippen molar-refractivity contribution < 1.29 is 4.79 Å². The van der Waals surface area contributed by atoms with Crippen LogP contribution in [0.15, 0.2) is 53.1 Å². The van der Waals surface area contributed by atoms with Gasteiger partial charge in [-0.15, -0.1) is 0 Å². The Morgan fingerprint density at radius 3 is 2.89 bits per heavy atom. The lowest BCUT2D eigenvalue weighted by Crippen LogP contribution is -2.08. The van der Waals surface area contributed by atoms with Crippen LogP contribution in [0.2, 0.25) is 0 Å². The minimum Gasteiger partial charge on any atom is -0.322 e. The van der Waals surface area contributed by atoms with Crippen LogP contribution in [-0.4, -0.2) is 10.9 Å². The van der Waals surface area contributed by atoms with Crippen LogP contribution in [0.3, 0.4) is 0 Å². The molecule has 1 aromatic carbocycles. The highest BCUT2D eigenvalue weighted by Crippen LogP contribution is 2.20. The summed E-state index contributed by atoms with van der Waals surface area (Å²) in [6, 6.07) is 11.3. The quantitative estimate of drug-likeness (QED) is 0.875. The highest BCUT2D eigenvalue weighted by molar-refractivity contribution is 9.10. The molecule has 1 N–H and O–H groups in total. The number of benzene rings is 1. The normalized spacial score (nSPS) is 10.6. The van der Waals surface area contributed by atoms with Crippen molar-refractivity contribution in [1.29, 1.82) is 0 Å². The summed E-state index contributed by atoms with van der Waals surface area (Å²) >= 11 is 3.38. The number of rotatable bonds is 3. The molecule has 96 valence electrons. The summed E-state index contributed by atoms with van der Waals surface area (Å²) in [7, 11) is 0. The maximum Gasteiger partial charge on any atom is 0.248 e. The Morgan fingerprint density at radius 1 is 1.32 bits per heavy atom. The van der Waals surface area contributed by atoms with Gasteiger partial charge in [-0.3, -0.25) is 9.78 Å². The third kappa shape index (κ3) is 4.03. The first-order chi connectivity index (χ1) is 9.15. The molecule has 0 saturated heterocycles. The average Bonchev–Trinajstić information content (AvgIpc) is 2.42. The fourth-order valence-electron chi connectivity index (χ4n) is 1.54. The van der Waals surface area contributed by atoms with E-state index in [-0.39, 0.29) is 5.91 Å². The van der Waals surface area contributed by atoms with Gasteiger partial charge in [-0.1, -0.05) is 28.1 Å². The summed E-state index contributed by atoms with van der Waals surface area (Å²) in [4.78, 5) is 15.9. The molecule has 0 aliphatic rings. The van der Waals surface area contributed by atoms with E-state index in [0.29, 0.717) is 0 Å². The zero-order valence-corrected chi connectivity index (χ0v) is 12.0. The van der Waals surface area contributed by atoms with Crippen LogP contribution in [-0.2, 0) is 4.79 Å². The first kappa shape index (κ1) is 13.5. The summed E-state index contributed by atoms with van der Waals surface area (Å²) in [6.45, 7) is 1.95. The topological polar surface area (TPSA) is 42.0 Å². The zero-order valence-electron chi connectivity index (χ0n) is 10.4. The molecular weight excluding hydrogens is 304 g/mol.